The zero-order chi connectivity index (χ0) is 20.3. The van der Waals surface area contributed by atoms with E-state index in [2.05, 4.69) is 15.5 Å². The number of aliphatic hydroxyl groups is 1. The van der Waals surface area contributed by atoms with Crippen molar-refractivity contribution in [3.05, 3.63) is 47.7 Å². The Morgan fingerprint density at radius 3 is 2.61 bits per heavy atom. The summed E-state index contributed by atoms with van der Waals surface area (Å²) in [6.07, 6.45) is -4.20. The van der Waals surface area contributed by atoms with Crippen molar-refractivity contribution in [2.75, 3.05) is 5.32 Å². The summed E-state index contributed by atoms with van der Waals surface area (Å²) in [6.45, 7) is 3.20. The number of phenolic OH excluding ortho intramolecular Hbond substituents is 1. The average molecular weight is 391 g/mol. The van der Waals surface area contributed by atoms with E-state index < -0.39 is 30.0 Å². The van der Waals surface area contributed by atoms with E-state index in [4.69, 9.17) is 0 Å². The lowest BCUT2D eigenvalue weighted by Gasteiger charge is -2.44. The van der Waals surface area contributed by atoms with E-state index >= 15 is 0 Å². The molecule has 4 rings (SSSR count). The number of anilines is 2. The van der Waals surface area contributed by atoms with Gasteiger partial charge < -0.3 is 15.5 Å². The fraction of sp³-hybridized carbons (Fsp3) is 0.350. The van der Waals surface area contributed by atoms with Crippen LogP contribution in [0.25, 0.3) is 10.9 Å². The van der Waals surface area contributed by atoms with Crippen molar-refractivity contribution in [1.29, 1.82) is 0 Å². The second kappa shape index (κ2) is 5.88. The van der Waals surface area contributed by atoms with Gasteiger partial charge in [-0.2, -0.15) is 18.3 Å². The first-order valence-electron chi connectivity index (χ1n) is 8.85. The van der Waals surface area contributed by atoms with Crippen molar-refractivity contribution in [2.24, 2.45) is 0 Å². The van der Waals surface area contributed by atoms with E-state index in [0.29, 0.717) is 22.5 Å². The van der Waals surface area contributed by atoms with Crippen LogP contribution in [-0.2, 0) is 11.8 Å². The van der Waals surface area contributed by atoms with Gasteiger partial charge in [0.05, 0.1) is 17.4 Å². The largest absolute Gasteiger partial charge is 0.505 e. The molecule has 0 saturated heterocycles. The van der Waals surface area contributed by atoms with Crippen LogP contribution < -0.4 is 5.32 Å². The molecule has 1 aliphatic rings. The minimum absolute atomic E-state index is 0.104. The van der Waals surface area contributed by atoms with Gasteiger partial charge in [-0.15, -0.1) is 0 Å². The Labute approximate surface area is 159 Å². The number of H-pyrrole nitrogens is 1. The van der Waals surface area contributed by atoms with Crippen LogP contribution in [0.3, 0.4) is 0 Å². The normalized spacial score (nSPS) is 21.5. The number of phenols is 1. The van der Waals surface area contributed by atoms with Gasteiger partial charge in [0.25, 0.3) is 0 Å². The van der Waals surface area contributed by atoms with E-state index in [9.17, 15) is 23.4 Å². The second-order valence-corrected chi connectivity index (χ2v) is 8.02. The molecule has 1 unspecified atom stereocenters. The predicted octanol–water partition coefficient (Wildman–Crippen LogP) is 4.53. The first kappa shape index (κ1) is 18.6. The Balaban J connectivity index is 1.78. The van der Waals surface area contributed by atoms with E-state index in [1.54, 1.807) is 20.0 Å². The number of nitrogens with one attached hydrogen (secondary N) is 2. The fourth-order valence-electron chi connectivity index (χ4n) is 4.26. The van der Waals surface area contributed by atoms with Crippen molar-refractivity contribution >= 4 is 22.3 Å². The van der Waals surface area contributed by atoms with Crippen molar-refractivity contribution < 1.29 is 23.4 Å². The zero-order valence-electron chi connectivity index (χ0n) is 15.4. The van der Waals surface area contributed by atoms with Crippen LogP contribution in [0.15, 0.2) is 36.5 Å². The van der Waals surface area contributed by atoms with Crippen molar-refractivity contribution in [3.8, 4) is 5.75 Å². The lowest BCUT2D eigenvalue weighted by atomic mass is 9.65. The number of rotatable bonds is 2. The monoisotopic (exact) mass is 391 g/mol. The molecule has 0 spiro atoms. The SMILES string of the molecule is CC1(C)CC(O)(C(F)(F)F)Cc2ccc(Nc3cccc4[nH]ncc34)c(O)c21. The minimum Gasteiger partial charge on any atom is -0.505 e. The summed E-state index contributed by atoms with van der Waals surface area (Å²) in [5.74, 6) is -0.104. The molecular weight excluding hydrogens is 371 g/mol. The third-order valence-electron chi connectivity index (χ3n) is 5.44. The van der Waals surface area contributed by atoms with Crippen LogP contribution in [0.5, 0.6) is 5.75 Å². The van der Waals surface area contributed by atoms with Crippen LogP contribution in [0, 0.1) is 0 Å². The van der Waals surface area contributed by atoms with Crippen molar-refractivity contribution in [1.82, 2.24) is 10.2 Å². The molecule has 1 aliphatic carbocycles. The summed E-state index contributed by atoms with van der Waals surface area (Å²) >= 11 is 0. The van der Waals surface area contributed by atoms with Crippen LogP contribution >= 0.6 is 0 Å². The maximum Gasteiger partial charge on any atom is 0.417 e. The van der Waals surface area contributed by atoms with Gasteiger partial charge in [-0.25, -0.2) is 0 Å². The van der Waals surface area contributed by atoms with Crippen molar-refractivity contribution in [2.45, 2.75) is 43.9 Å². The number of halogens is 3. The maximum absolute atomic E-state index is 13.4. The molecule has 28 heavy (non-hydrogen) atoms. The number of fused-ring (bicyclic) bond motifs is 2. The number of nitrogens with zero attached hydrogens (tertiary/aromatic N) is 1. The first-order chi connectivity index (χ1) is 13.0. The molecule has 1 aromatic heterocycles. The smallest absolute Gasteiger partial charge is 0.417 e. The van der Waals surface area contributed by atoms with Crippen LogP contribution in [0.4, 0.5) is 24.5 Å². The number of aromatic hydroxyl groups is 1. The molecule has 5 nitrogen and oxygen atoms in total. The van der Waals surface area contributed by atoms with E-state index in [1.807, 2.05) is 18.2 Å². The van der Waals surface area contributed by atoms with Gasteiger partial charge in [0.2, 0.25) is 0 Å². The van der Waals surface area contributed by atoms with Crippen LogP contribution in [0.2, 0.25) is 0 Å². The lowest BCUT2D eigenvalue weighted by Crippen LogP contribution is -2.53. The molecule has 0 fully saturated rings. The minimum atomic E-state index is -4.74. The molecule has 0 radical (unpaired) electrons. The standard InChI is InChI=1S/C20H20F3N3O2/c1-18(2)10-19(28,20(21,22)23)8-11-6-7-15(17(27)16(11)18)25-13-4-3-5-14-12(13)9-24-26-14/h3-7,9,25,27-28H,8,10H2,1-2H3,(H,24,26). The molecule has 2 aromatic carbocycles. The molecule has 1 atom stereocenters. The van der Waals surface area contributed by atoms with Gasteiger partial charge in [-0.1, -0.05) is 26.0 Å². The van der Waals surface area contributed by atoms with Gasteiger partial charge in [0.1, 0.15) is 5.75 Å². The van der Waals surface area contributed by atoms with Gasteiger partial charge in [-0.05, 0) is 35.6 Å². The Hall–Kier alpha value is -2.74. The van der Waals surface area contributed by atoms with E-state index in [-0.39, 0.29) is 5.75 Å². The molecule has 148 valence electrons. The topological polar surface area (TPSA) is 81.2 Å². The fourth-order valence-corrected chi connectivity index (χ4v) is 4.26. The van der Waals surface area contributed by atoms with Crippen LogP contribution in [-0.4, -0.2) is 32.2 Å². The Bertz CT molecular complexity index is 1060. The Kier molecular flexibility index (Phi) is 3.91. The number of aromatic amines is 1. The molecule has 4 N–H and O–H groups in total. The molecule has 0 bridgehead atoms. The van der Waals surface area contributed by atoms with E-state index in [1.165, 1.54) is 12.1 Å². The molecule has 8 heteroatoms. The third kappa shape index (κ3) is 2.79. The number of hydrogen-bond acceptors (Lipinski definition) is 4. The van der Waals surface area contributed by atoms with Crippen molar-refractivity contribution in [3.63, 3.8) is 0 Å². The summed E-state index contributed by atoms with van der Waals surface area (Å²) in [5, 5.41) is 32.0. The molecule has 0 aliphatic heterocycles. The highest BCUT2D eigenvalue weighted by Gasteiger charge is 2.58. The molecule has 0 saturated carbocycles. The van der Waals surface area contributed by atoms with Crippen LogP contribution in [0.1, 0.15) is 31.4 Å². The second-order valence-electron chi connectivity index (χ2n) is 8.02. The summed E-state index contributed by atoms with van der Waals surface area (Å²) in [4.78, 5) is 0. The molecule has 0 amide bonds. The van der Waals surface area contributed by atoms with Gasteiger partial charge in [0.15, 0.2) is 5.60 Å². The number of alkyl halides is 3. The summed E-state index contributed by atoms with van der Waals surface area (Å²) in [6, 6.07) is 8.58. The molecule has 1 heterocycles. The highest BCUT2D eigenvalue weighted by Crippen LogP contribution is 2.52. The lowest BCUT2D eigenvalue weighted by molar-refractivity contribution is -0.268. The third-order valence-corrected chi connectivity index (χ3v) is 5.44. The highest BCUT2D eigenvalue weighted by atomic mass is 19.4. The average Bonchev–Trinajstić information content (AvgIpc) is 3.04. The maximum atomic E-state index is 13.4. The first-order valence-corrected chi connectivity index (χ1v) is 8.85. The zero-order valence-corrected chi connectivity index (χ0v) is 15.4. The number of aromatic nitrogens is 2. The highest BCUT2D eigenvalue weighted by molar-refractivity contribution is 5.93. The Morgan fingerprint density at radius 1 is 1.14 bits per heavy atom. The van der Waals surface area contributed by atoms with Gasteiger partial charge in [0, 0.05) is 23.1 Å². The summed E-state index contributed by atoms with van der Waals surface area (Å²) < 4.78 is 40.2. The quantitative estimate of drug-likeness (QED) is 0.484. The van der Waals surface area contributed by atoms with E-state index in [0.717, 1.165) is 10.9 Å². The molecular formula is C20H20F3N3O2. The predicted molar refractivity (Wildman–Crippen MR) is 99.8 cm³/mol. The Morgan fingerprint density at radius 2 is 1.89 bits per heavy atom. The number of hydrogen-bond donors (Lipinski definition) is 4. The van der Waals surface area contributed by atoms with Gasteiger partial charge in [-0.3, -0.25) is 5.10 Å². The number of benzene rings is 2. The van der Waals surface area contributed by atoms with Gasteiger partial charge >= 0.3 is 6.18 Å². The molecule has 3 aromatic rings. The summed E-state index contributed by atoms with van der Waals surface area (Å²) in [5.41, 5.74) is -1.25. The summed E-state index contributed by atoms with van der Waals surface area (Å²) in [7, 11) is 0.